The van der Waals surface area contributed by atoms with Crippen LogP contribution in [0.15, 0.2) is 18.2 Å². The van der Waals surface area contributed by atoms with Gasteiger partial charge in [0.15, 0.2) is 0 Å². The molecule has 138 valence electrons. The summed E-state index contributed by atoms with van der Waals surface area (Å²) in [5.41, 5.74) is 7.14. The first-order valence-electron chi connectivity index (χ1n) is 9.12. The highest BCUT2D eigenvalue weighted by atomic mass is 16.5. The van der Waals surface area contributed by atoms with Crippen molar-refractivity contribution in [1.29, 1.82) is 0 Å². The predicted molar refractivity (Wildman–Crippen MR) is 98.2 cm³/mol. The standard InChI is InChI=1S/C19H29N3O3/c1-24-16-9-15(10-17(11-16)25-2)22-7-6-14(12-22)21-19(23)8-13-4-3-5-18(13)20/h9-11,13-14,18H,3-8,12,20H2,1-2H3,(H,21,23)/t13-,14?,18+/m0/s1. The van der Waals surface area contributed by atoms with Crippen LogP contribution in [0.25, 0.3) is 0 Å². The zero-order chi connectivity index (χ0) is 17.8. The number of anilines is 1. The van der Waals surface area contributed by atoms with Crippen molar-refractivity contribution in [1.82, 2.24) is 5.32 Å². The topological polar surface area (TPSA) is 76.8 Å². The number of nitrogens with zero attached hydrogens (tertiary/aromatic N) is 1. The molecule has 2 fully saturated rings. The predicted octanol–water partition coefficient (Wildman–Crippen LogP) is 1.92. The van der Waals surface area contributed by atoms with Gasteiger partial charge in [-0.2, -0.15) is 0 Å². The third kappa shape index (κ3) is 4.37. The molecule has 1 aromatic rings. The van der Waals surface area contributed by atoms with Crippen LogP contribution in [0.5, 0.6) is 11.5 Å². The van der Waals surface area contributed by atoms with E-state index in [2.05, 4.69) is 10.2 Å². The minimum absolute atomic E-state index is 0.137. The van der Waals surface area contributed by atoms with Crippen LogP contribution in [0.3, 0.4) is 0 Å². The quantitative estimate of drug-likeness (QED) is 0.822. The molecule has 3 N–H and O–H groups in total. The second-order valence-electron chi connectivity index (χ2n) is 7.13. The fraction of sp³-hybridized carbons (Fsp3) is 0.632. The second kappa shape index (κ2) is 7.95. The minimum Gasteiger partial charge on any atom is -0.497 e. The Morgan fingerprint density at radius 2 is 1.92 bits per heavy atom. The van der Waals surface area contributed by atoms with Crippen molar-refractivity contribution in [2.24, 2.45) is 11.7 Å². The van der Waals surface area contributed by atoms with Crippen LogP contribution in [0.1, 0.15) is 32.1 Å². The number of nitrogens with two attached hydrogens (primary N) is 1. The third-order valence-corrected chi connectivity index (χ3v) is 5.42. The Labute approximate surface area is 149 Å². The van der Waals surface area contributed by atoms with Crippen molar-refractivity contribution in [2.45, 2.75) is 44.2 Å². The summed E-state index contributed by atoms with van der Waals surface area (Å²) in [7, 11) is 3.30. The summed E-state index contributed by atoms with van der Waals surface area (Å²) in [4.78, 5) is 14.6. The molecule has 0 radical (unpaired) electrons. The average molecular weight is 347 g/mol. The number of nitrogens with one attached hydrogen (secondary N) is 1. The lowest BCUT2D eigenvalue weighted by molar-refractivity contribution is -0.122. The zero-order valence-electron chi connectivity index (χ0n) is 15.2. The number of rotatable bonds is 6. The van der Waals surface area contributed by atoms with Crippen LogP contribution in [0.2, 0.25) is 0 Å². The molecule has 1 aromatic carbocycles. The van der Waals surface area contributed by atoms with Gasteiger partial charge < -0.3 is 25.4 Å². The van der Waals surface area contributed by atoms with E-state index < -0.39 is 0 Å². The number of amides is 1. The van der Waals surface area contributed by atoms with Gasteiger partial charge in [0.2, 0.25) is 5.91 Å². The van der Waals surface area contributed by atoms with Gasteiger partial charge in [0.05, 0.1) is 14.2 Å². The molecule has 25 heavy (non-hydrogen) atoms. The smallest absolute Gasteiger partial charge is 0.220 e. The van der Waals surface area contributed by atoms with E-state index in [0.29, 0.717) is 12.3 Å². The van der Waals surface area contributed by atoms with Crippen molar-refractivity contribution in [3.8, 4) is 11.5 Å². The molecule has 1 amide bonds. The number of hydrogen-bond donors (Lipinski definition) is 2. The van der Waals surface area contributed by atoms with Gasteiger partial charge in [-0.1, -0.05) is 6.42 Å². The number of methoxy groups -OCH3 is 2. The molecule has 6 nitrogen and oxygen atoms in total. The largest absolute Gasteiger partial charge is 0.497 e. The fourth-order valence-electron chi connectivity index (χ4n) is 3.93. The SMILES string of the molecule is COc1cc(OC)cc(N2CCC(NC(=O)C[C@@H]3CCC[C@H]3N)C2)c1. The first-order chi connectivity index (χ1) is 12.1. The van der Waals surface area contributed by atoms with Gasteiger partial charge in [0.1, 0.15) is 11.5 Å². The monoisotopic (exact) mass is 347 g/mol. The van der Waals surface area contributed by atoms with Gasteiger partial charge in [-0.25, -0.2) is 0 Å². The Balaban J connectivity index is 1.55. The maximum atomic E-state index is 12.3. The van der Waals surface area contributed by atoms with Gasteiger partial charge in [-0.15, -0.1) is 0 Å². The fourth-order valence-corrected chi connectivity index (χ4v) is 3.93. The molecule has 2 aliphatic rings. The molecule has 6 heteroatoms. The van der Waals surface area contributed by atoms with Gasteiger partial charge in [0.25, 0.3) is 0 Å². The van der Waals surface area contributed by atoms with Crippen LogP contribution in [-0.4, -0.2) is 45.3 Å². The molecule has 1 unspecified atom stereocenters. The Hall–Kier alpha value is -1.95. The van der Waals surface area contributed by atoms with Gasteiger partial charge >= 0.3 is 0 Å². The van der Waals surface area contributed by atoms with E-state index in [4.69, 9.17) is 15.2 Å². The summed E-state index contributed by atoms with van der Waals surface area (Å²) >= 11 is 0. The molecule has 1 heterocycles. The zero-order valence-corrected chi connectivity index (χ0v) is 15.2. The Morgan fingerprint density at radius 3 is 2.52 bits per heavy atom. The number of hydrogen-bond acceptors (Lipinski definition) is 5. The molecule has 3 atom stereocenters. The van der Waals surface area contributed by atoms with Crippen molar-refractivity contribution >= 4 is 11.6 Å². The summed E-state index contributed by atoms with van der Waals surface area (Å²) in [6.45, 7) is 1.71. The normalized spacial score (nSPS) is 25.9. The molecule has 1 saturated heterocycles. The molecular weight excluding hydrogens is 318 g/mol. The molecule has 0 aromatic heterocycles. The van der Waals surface area contributed by atoms with Crippen LogP contribution >= 0.6 is 0 Å². The van der Waals surface area contributed by atoms with Crippen LogP contribution in [-0.2, 0) is 4.79 Å². The van der Waals surface area contributed by atoms with Crippen LogP contribution in [0.4, 0.5) is 5.69 Å². The van der Waals surface area contributed by atoms with Crippen LogP contribution < -0.4 is 25.4 Å². The lowest BCUT2D eigenvalue weighted by atomic mass is 9.99. The summed E-state index contributed by atoms with van der Waals surface area (Å²) in [6.07, 6.45) is 4.78. The number of carbonyl (C=O) groups is 1. The van der Waals surface area contributed by atoms with Crippen molar-refractivity contribution < 1.29 is 14.3 Å². The van der Waals surface area contributed by atoms with E-state index in [1.807, 2.05) is 18.2 Å². The molecule has 1 saturated carbocycles. The van der Waals surface area contributed by atoms with E-state index in [9.17, 15) is 4.79 Å². The minimum atomic E-state index is 0.137. The van der Waals surface area contributed by atoms with E-state index in [1.165, 1.54) is 0 Å². The Kier molecular flexibility index (Phi) is 5.68. The lowest BCUT2D eigenvalue weighted by Crippen LogP contribution is -2.39. The Morgan fingerprint density at radius 1 is 1.20 bits per heavy atom. The first-order valence-corrected chi connectivity index (χ1v) is 9.12. The third-order valence-electron chi connectivity index (χ3n) is 5.42. The molecule has 3 rings (SSSR count). The maximum Gasteiger partial charge on any atom is 0.220 e. The van der Waals surface area contributed by atoms with Gasteiger partial charge in [0, 0.05) is 55.5 Å². The summed E-state index contributed by atoms with van der Waals surface area (Å²) in [6, 6.07) is 6.25. The second-order valence-corrected chi connectivity index (χ2v) is 7.13. The first kappa shape index (κ1) is 17.9. The molecule has 0 spiro atoms. The Bertz CT molecular complexity index is 585. The highest BCUT2D eigenvalue weighted by Gasteiger charge is 2.29. The van der Waals surface area contributed by atoms with Crippen molar-refractivity contribution in [2.75, 3.05) is 32.2 Å². The number of benzene rings is 1. The number of ether oxygens (including phenoxy) is 2. The maximum absolute atomic E-state index is 12.3. The summed E-state index contributed by atoms with van der Waals surface area (Å²) in [5.74, 6) is 2.03. The number of carbonyl (C=O) groups excluding carboxylic acids is 1. The highest BCUT2D eigenvalue weighted by Crippen LogP contribution is 2.31. The lowest BCUT2D eigenvalue weighted by Gasteiger charge is -2.21. The van der Waals surface area contributed by atoms with Gasteiger partial charge in [-0.3, -0.25) is 4.79 Å². The molecule has 1 aliphatic carbocycles. The highest BCUT2D eigenvalue weighted by molar-refractivity contribution is 5.77. The summed E-state index contributed by atoms with van der Waals surface area (Å²) < 4.78 is 10.7. The van der Waals surface area contributed by atoms with E-state index in [-0.39, 0.29) is 18.0 Å². The van der Waals surface area contributed by atoms with E-state index >= 15 is 0 Å². The van der Waals surface area contributed by atoms with Crippen molar-refractivity contribution in [3.63, 3.8) is 0 Å². The van der Waals surface area contributed by atoms with Crippen LogP contribution in [0, 0.1) is 5.92 Å². The van der Waals surface area contributed by atoms with E-state index in [0.717, 1.165) is 56.0 Å². The molecular formula is C19H29N3O3. The van der Waals surface area contributed by atoms with E-state index in [1.54, 1.807) is 14.2 Å². The van der Waals surface area contributed by atoms with Crippen molar-refractivity contribution in [3.05, 3.63) is 18.2 Å². The molecule has 0 bridgehead atoms. The molecule has 1 aliphatic heterocycles. The van der Waals surface area contributed by atoms with Gasteiger partial charge in [-0.05, 0) is 25.2 Å². The summed E-state index contributed by atoms with van der Waals surface area (Å²) in [5, 5.41) is 3.18. The average Bonchev–Trinajstić information content (AvgIpc) is 3.24.